The van der Waals surface area contributed by atoms with Crippen LogP contribution in [0.15, 0.2) is 58.8 Å². The third-order valence-corrected chi connectivity index (χ3v) is 5.64. The van der Waals surface area contributed by atoms with E-state index in [2.05, 4.69) is 76.2 Å². The summed E-state index contributed by atoms with van der Waals surface area (Å²) in [5.74, 6) is 0. The van der Waals surface area contributed by atoms with Gasteiger partial charge >= 0.3 is 0 Å². The van der Waals surface area contributed by atoms with Crippen molar-refractivity contribution in [1.82, 2.24) is 10.8 Å². The van der Waals surface area contributed by atoms with Crippen molar-refractivity contribution >= 4 is 28.8 Å². The number of rotatable bonds is 5. The highest BCUT2D eigenvalue weighted by Gasteiger charge is 2.55. The molecule has 4 nitrogen and oxygen atoms in total. The van der Waals surface area contributed by atoms with E-state index in [0.29, 0.717) is 5.70 Å². The lowest BCUT2D eigenvalue weighted by molar-refractivity contribution is 0.204. The summed E-state index contributed by atoms with van der Waals surface area (Å²) in [7, 11) is 0. The molecule has 5 heteroatoms. The Labute approximate surface area is 149 Å². The fourth-order valence-corrected chi connectivity index (χ4v) is 4.35. The monoisotopic (exact) mass is 419 g/mol. The van der Waals surface area contributed by atoms with Crippen LogP contribution in [0.25, 0.3) is 0 Å². The van der Waals surface area contributed by atoms with Crippen LogP contribution >= 0.6 is 22.6 Å². The second-order valence-electron chi connectivity index (χ2n) is 6.50. The number of fused-ring (bicyclic) bond motifs is 1. The van der Waals surface area contributed by atoms with Gasteiger partial charge in [-0.05, 0) is 71.7 Å². The van der Waals surface area contributed by atoms with Gasteiger partial charge in [-0.25, -0.2) is 0 Å². The van der Waals surface area contributed by atoms with E-state index >= 15 is 0 Å². The maximum atomic E-state index is 8.96. The fourth-order valence-electron chi connectivity index (χ4n) is 3.16. The minimum Gasteiger partial charge on any atom is -0.291 e. The third kappa shape index (κ3) is 2.47. The van der Waals surface area contributed by atoms with Gasteiger partial charge in [0.1, 0.15) is 0 Å². The number of halogens is 1. The van der Waals surface area contributed by atoms with Gasteiger partial charge in [-0.3, -0.25) is 21.0 Å². The van der Waals surface area contributed by atoms with E-state index in [4.69, 9.17) is 5.21 Å². The van der Waals surface area contributed by atoms with Crippen LogP contribution in [0.4, 0.5) is 0 Å². The Hall–Kier alpha value is -1.44. The summed E-state index contributed by atoms with van der Waals surface area (Å²) in [6.45, 7) is 5.88. The molecule has 1 unspecified atom stereocenters. The molecule has 1 heterocycles. The summed E-state index contributed by atoms with van der Waals surface area (Å²) in [5.41, 5.74) is 6.80. The lowest BCUT2D eigenvalue weighted by atomic mass is 10.0. The van der Waals surface area contributed by atoms with E-state index < -0.39 is 0 Å². The standard InChI is InChI=1S/C18H18IN3O/c1-11-3-4-15(16(19)7-11)17(5-6-17)22-18-9-14(18)8-13(10-20-18)12(2)21-23/h3-4,7-10,21-23H,2,5-6H2,1H3. The Morgan fingerprint density at radius 2 is 2.17 bits per heavy atom. The van der Waals surface area contributed by atoms with Crippen LogP contribution in [0.3, 0.4) is 0 Å². The summed E-state index contributed by atoms with van der Waals surface area (Å²) in [4.78, 5) is 4.67. The molecule has 118 valence electrons. The Morgan fingerprint density at radius 1 is 1.39 bits per heavy atom. The number of nitrogens with one attached hydrogen (secondary N) is 2. The molecule has 0 saturated heterocycles. The Bertz CT molecular complexity index is 804. The molecule has 0 aromatic heterocycles. The van der Waals surface area contributed by atoms with Crippen LogP contribution < -0.4 is 10.8 Å². The predicted molar refractivity (Wildman–Crippen MR) is 99.4 cm³/mol. The maximum absolute atomic E-state index is 8.96. The molecule has 4 rings (SSSR count). The lowest BCUT2D eigenvalue weighted by Gasteiger charge is -2.27. The van der Waals surface area contributed by atoms with Crippen molar-refractivity contribution in [2.75, 3.05) is 0 Å². The Kier molecular flexibility index (Phi) is 3.30. The minimum absolute atomic E-state index is 0.0252. The van der Waals surface area contributed by atoms with Crippen LogP contribution in [-0.2, 0) is 5.54 Å². The maximum Gasteiger partial charge on any atom is 0.156 e. The molecule has 2 aliphatic carbocycles. The van der Waals surface area contributed by atoms with Gasteiger partial charge in [-0.1, -0.05) is 24.3 Å². The molecular weight excluding hydrogens is 401 g/mol. The topological polar surface area (TPSA) is 56.6 Å². The summed E-state index contributed by atoms with van der Waals surface area (Å²) < 4.78 is 1.31. The first kappa shape index (κ1) is 15.1. The van der Waals surface area contributed by atoms with Gasteiger partial charge in [0.25, 0.3) is 0 Å². The number of hydroxylamine groups is 1. The first-order valence-electron chi connectivity index (χ1n) is 7.64. The number of benzene rings is 1. The number of hydrogen-bond donors (Lipinski definition) is 3. The number of nitrogens with zero attached hydrogens (tertiary/aromatic N) is 1. The second-order valence-corrected chi connectivity index (χ2v) is 7.67. The van der Waals surface area contributed by atoms with Crippen molar-refractivity contribution in [2.45, 2.75) is 31.0 Å². The van der Waals surface area contributed by atoms with Crippen LogP contribution in [0.5, 0.6) is 0 Å². The van der Waals surface area contributed by atoms with Gasteiger partial charge in [0, 0.05) is 20.9 Å². The van der Waals surface area contributed by atoms with E-state index in [1.165, 1.54) is 14.7 Å². The van der Waals surface area contributed by atoms with Gasteiger partial charge in [0.05, 0.1) is 5.70 Å². The molecule has 1 atom stereocenters. The van der Waals surface area contributed by atoms with Crippen LogP contribution in [0, 0.1) is 10.5 Å². The molecule has 23 heavy (non-hydrogen) atoms. The van der Waals surface area contributed by atoms with Crippen LogP contribution in [0.1, 0.15) is 24.0 Å². The third-order valence-electron chi connectivity index (χ3n) is 4.74. The molecule has 3 aliphatic rings. The number of allylic oxidation sites excluding steroid dienone is 1. The van der Waals surface area contributed by atoms with Gasteiger partial charge in [-0.2, -0.15) is 0 Å². The van der Waals surface area contributed by atoms with Gasteiger partial charge in [-0.15, -0.1) is 0 Å². The normalized spacial score (nSPS) is 26.0. The summed E-state index contributed by atoms with van der Waals surface area (Å²) in [6.07, 6.45) is 8.17. The van der Waals surface area contributed by atoms with Gasteiger partial charge in [0.15, 0.2) is 5.66 Å². The van der Waals surface area contributed by atoms with Gasteiger partial charge < -0.3 is 0 Å². The first-order valence-corrected chi connectivity index (χ1v) is 8.72. The van der Waals surface area contributed by atoms with Crippen molar-refractivity contribution in [3.8, 4) is 0 Å². The summed E-state index contributed by atoms with van der Waals surface area (Å²) in [6, 6.07) is 6.65. The summed E-state index contributed by atoms with van der Waals surface area (Å²) in [5, 5.41) is 12.7. The van der Waals surface area contributed by atoms with E-state index in [-0.39, 0.29) is 11.2 Å². The number of aryl methyl sites for hydroxylation is 1. The zero-order valence-corrected chi connectivity index (χ0v) is 15.0. The molecule has 1 saturated carbocycles. The number of dihydropyridines is 1. The largest absolute Gasteiger partial charge is 0.291 e. The smallest absolute Gasteiger partial charge is 0.156 e. The van der Waals surface area contributed by atoms with Gasteiger partial charge in [0.2, 0.25) is 0 Å². The SMILES string of the molecule is C=C(NO)C1=CC2=CC2(NC2(c3ccc(C)cc3I)CC2)N=C1. The average Bonchev–Trinajstić information content (AvgIpc) is 3.42. The fraction of sp³-hybridized carbons (Fsp3) is 0.278. The second kappa shape index (κ2) is 5.03. The first-order chi connectivity index (χ1) is 11.0. The highest BCUT2D eigenvalue weighted by atomic mass is 127. The number of aliphatic imine (C=N–C) groups is 1. The van der Waals surface area contributed by atoms with Crippen LogP contribution in [-0.4, -0.2) is 17.1 Å². The average molecular weight is 419 g/mol. The van der Waals surface area contributed by atoms with E-state index in [9.17, 15) is 0 Å². The molecule has 0 spiro atoms. The molecule has 0 amide bonds. The van der Waals surface area contributed by atoms with Crippen molar-refractivity contribution in [1.29, 1.82) is 0 Å². The van der Waals surface area contributed by atoms with Crippen molar-refractivity contribution in [3.05, 3.63) is 68.5 Å². The molecule has 1 aromatic rings. The van der Waals surface area contributed by atoms with Crippen molar-refractivity contribution in [3.63, 3.8) is 0 Å². The van der Waals surface area contributed by atoms with E-state index in [0.717, 1.165) is 24.0 Å². The molecule has 3 N–H and O–H groups in total. The zero-order valence-electron chi connectivity index (χ0n) is 12.9. The van der Waals surface area contributed by atoms with E-state index in [1.54, 1.807) is 6.21 Å². The highest BCUT2D eigenvalue weighted by molar-refractivity contribution is 14.1. The van der Waals surface area contributed by atoms with Crippen molar-refractivity contribution < 1.29 is 5.21 Å². The zero-order chi connectivity index (χ0) is 16.2. The Morgan fingerprint density at radius 3 is 2.78 bits per heavy atom. The van der Waals surface area contributed by atoms with E-state index in [1.807, 2.05) is 6.08 Å². The molecule has 0 bridgehead atoms. The van der Waals surface area contributed by atoms with Crippen LogP contribution in [0.2, 0.25) is 0 Å². The minimum atomic E-state index is -0.371. The highest BCUT2D eigenvalue weighted by Crippen LogP contribution is 2.53. The summed E-state index contributed by atoms with van der Waals surface area (Å²) >= 11 is 2.43. The molecule has 0 radical (unpaired) electrons. The lowest BCUT2D eigenvalue weighted by Crippen LogP contribution is -2.42. The van der Waals surface area contributed by atoms with Crippen molar-refractivity contribution in [2.24, 2.45) is 4.99 Å². The molecule has 1 fully saturated rings. The number of hydrogen-bond acceptors (Lipinski definition) is 4. The molecule has 1 aliphatic heterocycles. The Balaban J connectivity index is 1.56. The predicted octanol–water partition coefficient (Wildman–Crippen LogP) is 3.32. The molecule has 1 aromatic carbocycles. The quantitative estimate of drug-likeness (QED) is 0.507. The molecular formula is C18H18IN3O.